The Kier molecular flexibility index (Phi) is 5.20. The highest BCUT2D eigenvalue weighted by Crippen LogP contribution is 2.44. The Labute approximate surface area is 164 Å². The number of aromatic nitrogens is 1. The molecule has 0 bridgehead atoms. The molecule has 0 fully saturated rings. The Hall–Kier alpha value is -3.40. The van der Waals surface area contributed by atoms with Crippen LogP contribution in [0.25, 0.3) is 17.2 Å². The van der Waals surface area contributed by atoms with Gasteiger partial charge in [0.05, 0.1) is 5.69 Å². The fourth-order valence-electron chi connectivity index (χ4n) is 3.55. The van der Waals surface area contributed by atoms with Crippen LogP contribution in [-0.4, -0.2) is 24.2 Å². The molecule has 1 heterocycles. The molecule has 3 aromatic rings. The third kappa shape index (κ3) is 3.81. The summed E-state index contributed by atoms with van der Waals surface area (Å²) in [6.07, 6.45) is 5.14. The molecule has 140 valence electrons. The van der Waals surface area contributed by atoms with E-state index < -0.39 is 6.09 Å². The van der Waals surface area contributed by atoms with Gasteiger partial charge in [0.25, 0.3) is 0 Å². The van der Waals surface area contributed by atoms with Crippen molar-refractivity contribution in [3.8, 4) is 11.1 Å². The van der Waals surface area contributed by atoms with Crippen LogP contribution in [0.15, 0.2) is 72.9 Å². The first kappa shape index (κ1) is 18.0. The van der Waals surface area contributed by atoms with Crippen LogP contribution < -0.4 is 5.32 Å². The second-order valence-corrected chi connectivity index (χ2v) is 6.87. The van der Waals surface area contributed by atoms with Gasteiger partial charge in [0.15, 0.2) is 0 Å². The van der Waals surface area contributed by atoms with E-state index in [2.05, 4.69) is 34.6 Å². The zero-order valence-corrected chi connectivity index (χ0v) is 15.8. The van der Waals surface area contributed by atoms with E-state index in [1.54, 1.807) is 0 Å². The van der Waals surface area contributed by atoms with E-state index in [0.717, 1.165) is 11.3 Å². The molecule has 1 N–H and O–H groups in total. The number of hydrogen-bond acceptors (Lipinski definition) is 3. The maximum atomic E-state index is 12.1. The number of amides is 1. The van der Waals surface area contributed by atoms with Crippen molar-refractivity contribution in [1.82, 2.24) is 10.3 Å². The van der Waals surface area contributed by atoms with Crippen molar-refractivity contribution >= 4 is 12.2 Å². The van der Waals surface area contributed by atoms with Crippen LogP contribution in [0.4, 0.5) is 4.79 Å². The van der Waals surface area contributed by atoms with Gasteiger partial charge in [-0.15, -0.1) is 0 Å². The summed E-state index contributed by atoms with van der Waals surface area (Å²) in [5.41, 5.74) is 6.85. The molecule has 4 heteroatoms. The summed E-state index contributed by atoms with van der Waals surface area (Å²) in [5.74, 6) is 0.0745. The third-order valence-electron chi connectivity index (χ3n) is 4.93. The minimum Gasteiger partial charge on any atom is -0.449 e. The quantitative estimate of drug-likeness (QED) is 0.692. The molecule has 4 nitrogen and oxygen atoms in total. The molecule has 0 radical (unpaired) electrons. The average Bonchev–Trinajstić information content (AvgIpc) is 3.05. The van der Waals surface area contributed by atoms with Gasteiger partial charge in [0.1, 0.15) is 6.61 Å². The molecule has 0 unspecified atom stereocenters. The van der Waals surface area contributed by atoms with Crippen LogP contribution in [0, 0.1) is 6.92 Å². The first-order valence-corrected chi connectivity index (χ1v) is 9.40. The van der Waals surface area contributed by atoms with E-state index in [4.69, 9.17) is 4.74 Å². The summed E-state index contributed by atoms with van der Waals surface area (Å²) in [6.45, 7) is 2.72. The van der Waals surface area contributed by atoms with E-state index in [1.165, 1.54) is 22.3 Å². The summed E-state index contributed by atoms with van der Waals surface area (Å²) in [6, 6.07) is 20.6. The van der Waals surface area contributed by atoms with Gasteiger partial charge >= 0.3 is 6.09 Å². The Morgan fingerprint density at radius 3 is 2.36 bits per heavy atom. The summed E-state index contributed by atoms with van der Waals surface area (Å²) in [5, 5.41) is 2.76. The van der Waals surface area contributed by atoms with Crippen LogP contribution >= 0.6 is 0 Å². The first-order chi connectivity index (χ1) is 13.7. The molecule has 0 saturated heterocycles. The van der Waals surface area contributed by atoms with Crippen molar-refractivity contribution in [2.24, 2.45) is 0 Å². The number of hydrogen-bond donors (Lipinski definition) is 1. The van der Waals surface area contributed by atoms with E-state index in [9.17, 15) is 4.79 Å². The Bertz CT molecular complexity index is 964. The molecule has 0 atom stereocenters. The van der Waals surface area contributed by atoms with Gasteiger partial charge in [-0.3, -0.25) is 4.98 Å². The molecule has 4 rings (SSSR count). The lowest BCUT2D eigenvalue weighted by atomic mass is 9.98. The fourth-order valence-corrected chi connectivity index (χ4v) is 3.55. The van der Waals surface area contributed by atoms with Crippen LogP contribution in [0.5, 0.6) is 0 Å². The first-order valence-electron chi connectivity index (χ1n) is 9.40. The van der Waals surface area contributed by atoms with Gasteiger partial charge in [-0.05, 0) is 46.9 Å². The highest BCUT2D eigenvalue weighted by Gasteiger charge is 2.28. The number of carbonyl (C=O) groups is 1. The maximum Gasteiger partial charge on any atom is 0.407 e. The number of pyridine rings is 1. The minimum absolute atomic E-state index is 0.0745. The standard InChI is InChI=1S/C24H22N2O2/c1-17-12-13-18(26-15-17)7-6-14-25-24(27)28-16-23-21-10-4-2-8-19(21)20-9-3-5-11-22(20)23/h2-13,15,23H,14,16H2,1H3,(H,25,27). The number of nitrogens with zero attached hydrogens (tertiary/aromatic N) is 1. The zero-order valence-electron chi connectivity index (χ0n) is 15.8. The highest BCUT2D eigenvalue weighted by molar-refractivity contribution is 5.79. The highest BCUT2D eigenvalue weighted by atomic mass is 16.5. The predicted octanol–water partition coefficient (Wildman–Crippen LogP) is 4.94. The van der Waals surface area contributed by atoms with Gasteiger partial charge < -0.3 is 10.1 Å². The molecular weight excluding hydrogens is 348 g/mol. The van der Waals surface area contributed by atoms with E-state index in [0.29, 0.717) is 13.2 Å². The number of aryl methyl sites for hydroxylation is 1. The van der Waals surface area contributed by atoms with Gasteiger partial charge in [-0.25, -0.2) is 4.79 Å². The van der Waals surface area contributed by atoms with Gasteiger partial charge in [0, 0.05) is 18.7 Å². The van der Waals surface area contributed by atoms with Crippen LogP contribution in [0.3, 0.4) is 0 Å². The summed E-state index contributed by atoms with van der Waals surface area (Å²) in [7, 11) is 0. The molecule has 1 aliphatic carbocycles. The number of benzene rings is 2. The topological polar surface area (TPSA) is 51.2 Å². The second kappa shape index (κ2) is 8.09. The van der Waals surface area contributed by atoms with Gasteiger partial charge in [0.2, 0.25) is 0 Å². The normalized spacial score (nSPS) is 12.6. The number of fused-ring (bicyclic) bond motifs is 3. The Morgan fingerprint density at radius 1 is 1.04 bits per heavy atom. The molecule has 2 aromatic carbocycles. The van der Waals surface area contributed by atoms with E-state index >= 15 is 0 Å². The maximum absolute atomic E-state index is 12.1. The van der Waals surface area contributed by atoms with Gasteiger partial charge in [-0.2, -0.15) is 0 Å². The number of ether oxygens (including phenoxy) is 1. The Balaban J connectivity index is 1.33. The molecule has 1 aromatic heterocycles. The molecule has 0 spiro atoms. The summed E-state index contributed by atoms with van der Waals surface area (Å²) >= 11 is 0. The molecule has 1 amide bonds. The van der Waals surface area contributed by atoms with Crippen molar-refractivity contribution < 1.29 is 9.53 Å². The lowest BCUT2D eigenvalue weighted by Gasteiger charge is -2.14. The third-order valence-corrected chi connectivity index (χ3v) is 4.93. The van der Waals surface area contributed by atoms with E-state index in [1.807, 2.05) is 61.7 Å². The second-order valence-electron chi connectivity index (χ2n) is 6.87. The van der Waals surface area contributed by atoms with Crippen molar-refractivity contribution in [2.75, 3.05) is 13.2 Å². The average molecular weight is 370 g/mol. The molecule has 1 aliphatic rings. The van der Waals surface area contributed by atoms with Gasteiger partial charge in [-0.1, -0.05) is 60.7 Å². The number of rotatable bonds is 5. The van der Waals surface area contributed by atoms with Crippen molar-refractivity contribution in [1.29, 1.82) is 0 Å². The molecule has 0 aliphatic heterocycles. The zero-order chi connectivity index (χ0) is 19.3. The SMILES string of the molecule is Cc1ccc(C=CCNC(=O)OCC2c3ccccc3-c3ccccc32)nc1. The smallest absolute Gasteiger partial charge is 0.407 e. The minimum atomic E-state index is -0.414. The van der Waals surface area contributed by atoms with E-state index in [-0.39, 0.29) is 5.92 Å². The van der Waals surface area contributed by atoms with Crippen LogP contribution in [0.1, 0.15) is 28.3 Å². The van der Waals surface area contributed by atoms with Crippen molar-refractivity contribution in [2.45, 2.75) is 12.8 Å². The van der Waals surface area contributed by atoms with Crippen molar-refractivity contribution in [3.05, 3.63) is 95.3 Å². The Morgan fingerprint density at radius 2 is 1.71 bits per heavy atom. The summed E-state index contributed by atoms with van der Waals surface area (Å²) < 4.78 is 5.51. The number of carbonyl (C=O) groups excluding carboxylic acids is 1. The van der Waals surface area contributed by atoms with Crippen LogP contribution in [0.2, 0.25) is 0 Å². The summed E-state index contributed by atoms with van der Waals surface area (Å²) in [4.78, 5) is 16.4. The number of nitrogens with one attached hydrogen (secondary N) is 1. The predicted molar refractivity (Wildman–Crippen MR) is 111 cm³/mol. The molecular formula is C24H22N2O2. The fraction of sp³-hybridized carbons (Fsp3) is 0.167. The lowest BCUT2D eigenvalue weighted by molar-refractivity contribution is 0.144. The monoisotopic (exact) mass is 370 g/mol. The molecule has 28 heavy (non-hydrogen) atoms. The lowest BCUT2D eigenvalue weighted by Crippen LogP contribution is -2.26. The van der Waals surface area contributed by atoms with Crippen LogP contribution in [-0.2, 0) is 4.74 Å². The van der Waals surface area contributed by atoms with Crippen molar-refractivity contribution in [3.63, 3.8) is 0 Å². The number of alkyl carbamates (subject to hydrolysis) is 1. The molecule has 0 saturated carbocycles. The largest absolute Gasteiger partial charge is 0.449 e.